The molecule has 1 N–H and O–H groups in total. The van der Waals surface area contributed by atoms with E-state index in [0.717, 1.165) is 11.5 Å². The predicted octanol–water partition coefficient (Wildman–Crippen LogP) is 1.43. The van der Waals surface area contributed by atoms with Gasteiger partial charge in [0.05, 0.1) is 12.0 Å². The molecular formula is C13H19N5O2. The summed E-state index contributed by atoms with van der Waals surface area (Å²) in [7, 11) is 0. The Labute approximate surface area is 117 Å². The number of nitrogens with one attached hydrogen (secondary N) is 1. The number of aryl methyl sites for hydroxylation is 1. The Morgan fingerprint density at radius 1 is 1.45 bits per heavy atom. The van der Waals surface area contributed by atoms with Crippen molar-refractivity contribution in [3.63, 3.8) is 0 Å². The SMILES string of the molecule is Cc1cc(NCC(C)C(=O)OC(C)C)n2ncnc2n1. The third-order valence-corrected chi connectivity index (χ3v) is 2.72. The van der Waals surface area contributed by atoms with Crippen LogP contribution >= 0.6 is 0 Å². The van der Waals surface area contributed by atoms with Crippen LogP contribution in [0.2, 0.25) is 0 Å². The fourth-order valence-electron chi connectivity index (χ4n) is 1.75. The zero-order valence-corrected chi connectivity index (χ0v) is 12.1. The van der Waals surface area contributed by atoms with Crippen molar-refractivity contribution in [3.05, 3.63) is 18.1 Å². The molecule has 20 heavy (non-hydrogen) atoms. The van der Waals surface area contributed by atoms with Crippen LogP contribution in [-0.2, 0) is 9.53 Å². The predicted molar refractivity (Wildman–Crippen MR) is 74.4 cm³/mol. The Bertz CT molecular complexity index is 608. The normalized spacial score (nSPS) is 12.7. The van der Waals surface area contributed by atoms with Crippen molar-refractivity contribution >= 4 is 17.6 Å². The molecule has 0 bridgehead atoms. The lowest BCUT2D eigenvalue weighted by Crippen LogP contribution is -2.25. The highest BCUT2D eigenvalue weighted by Gasteiger charge is 2.16. The number of carbonyl (C=O) groups excluding carboxylic acids is 1. The highest BCUT2D eigenvalue weighted by atomic mass is 16.5. The monoisotopic (exact) mass is 277 g/mol. The molecule has 0 amide bonds. The number of anilines is 1. The summed E-state index contributed by atoms with van der Waals surface area (Å²) in [6.07, 6.45) is 1.35. The van der Waals surface area contributed by atoms with E-state index in [2.05, 4.69) is 20.4 Å². The van der Waals surface area contributed by atoms with E-state index in [1.165, 1.54) is 6.33 Å². The second-order valence-electron chi connectivity index (χ2n) is 5.02. The number of hydrogen-bond donors (Lipinski definition) is 1. The molecule has 0 radical (unpaired) electrons. The molecule has 0 saturated heterocycles. The average Bonchev–Trinajstić information content (AvgIpc) is 2.82. The fourth-order valence-corrected chi connectivity index (χ4v) is 1.75. The zero-order chi connectivity index (χ0) is 14.7. The molecule has 0 spiro atoms. The van der Waals surface area contributed by atoms with Crippen LogP contribution in [0, 0.1) is 12.8 Å². The number of fused-ring (bicyclic) bond motifs is 1. The highest BCUT2D eigenvalue weighted by molar-refractivity contribution is 5.72. The summed E-state index contributed by atoms with van der Waals surface area (Å²) in [6.45, 7) is 7.84. The van der Waals surface area contributed by atoms with Gasteiger partial charge >= 0.3 is 5.97 Å². The van der Waals surface area contributed by atoms with Gasteiger partial charge in [0.15, 0.2) is 0 Å². The van der Waals surface area contributed by atoms with Crippen molar-refractivity contribution in [2.75, 3.05) is 11.9 Å². The van der Waals surface area contributed by atoms with E-state index in [1.807, 2.05) is 33.8 Å². The lowest BCUT2D eigenvalue weighted by molar-refractivity contribution is -0.151. The molecule has 1 atom stereocenters. The Hall–Kier alpha value is -2.18. The topological polar surface area (TPSA) is 81.4 Å². The molecule has 0 fully saturated rings. The molecule has 7 heteroatoms. The van der Waals surface area contributed by atoms with Crippen LogP contribution < -0.4 is 5.32 Å². The van der Waals surface area contributed by atoms with Crippen molar-refractivity contribution in [1.82, 2.24) is 19.6 Å². The van der Waals surface area contributed by atoms with Crippen LogP contribution in [0.1, 0.15) is 26.5 Å². The van der Waals surface area contributed by atoms with E-state index in [9.17, 15) is 4.79 Å². The Kier molecular flexibility index (Phi) is 4.16. The Morgan fingerprint density at radius 3 is 2.90 bits per heavy atom. The first kappa shape index (κ1) is 14.2. The van der Waals surface area contributed by atoms with Crippen LogP contribution in [0.25, 0.3) is 5.78 Å². The minimum atomic E-state index is -0.246. The molecule has 0 aliphatic rings. The number of carbonyl (C=O) groups is 1. The number of hydrogen-bond acceptors (Lipinski definition) is 6. The molecule has 0 aliphatic carbocycles. The van der Waals surface area contributed by atoms with E-state index in [1.54, 1.807) is 4.52 Å². The van der Waals surface area contributed by atoms with E-state index in [4.69, 9.17) is 4.74 Å². The highest BCUT2D eigenvalue weighted by Crippen LogP contribution is 2.11. The van der Waals surface area contributed by atoms with Gasteiger partial charge in [0, 0.05) is 18.3 Å². The lowest BCUT2D eigenvalue weighted by atomic mass is 10.2. The summed E-state index contributed by atoms with van der Waals surface area (Å²) in [5.41, 5.74) is 0.838. The molecule has 2 rings (SSSR count). The van der Waals surface area contributed by atoms with Gasteiger partial charge < -0.3 is 10.1 Å². The first-order valence-corrected chi connectivity index (χ1v) is 6.59. The van der Waals surface area contributed by atoms with Gasteiger partial charge in [-0.1, -0.05) is 6.92 Å². The summed E-state index contributed by atoms with van der Waals surface area (Å²) in [4.78, 5) is 20.1. The summed E-state index contributed by atoms with van der Waals surface area (Å²) in [5.74, 6) is 0.830. The molecular weight excluding hydrogens is 258 g/mol. The standard InChI is InChI=1S/C13H19N5O2/c1-8(2)20-12(19)9(3)6-14-11-5-10(4)17-13-15-7-16-18(11)13/h5,7-9,14H,6H2,1-4H3. The number of rotatable bonds is 5. The molecule has 0 aromatic carbocycles. The summed E-state index contributed by atoms with van der Waals surface area (Å²) in [5, 5.41) is 7.28. The maximum absolute atomic E-state index is 11.7. The van der Waals surface area contributed by atoms with E-state index in [0.29, 0.717) is 12.3 Å². The minimum absolute atomic E-state index is 0.102. The van der Waals surface area contributed by atoms with Gasteiger partial charge in [-0.2, -0.15) is 14.6 Å². The van der Waals surface area contributed by atoms with Crippen LogP contribution in [0.3, 0.4) is 0 Å². The van der Waals surface area contributed by atoms with Gasteiger partial charge in [0.2, 0.25) is 0 Å². The molecule has 2 aromatic rings. The van der Waals surface area contributed by atoms with Crippen LogP contribution in [0.4, 0.5) is 5.82 Å². The van der Waals surface area contributed by atoms with Gasteiger partial charge in [-0.15, -0.1) is 0 Å². The first-order valence-electron chi connectivity index (χ1n) is 6.59. The van der Waals surface area contributed by atoms with Crippen molar-refractivity contribution in [1.29, 1.82) is 0 Å². The second-order valence-corrected chi connectivity index (χ2v) is 5.02. The first-order chi connectivity index (χ1) is 9.47. The lowest BCUT2D eigenvalue weighted by Gasteiger charge is -2.15. The third-order valence-electron chi connectivity index (χ3n) is 2.72. The third kappa shape index (κ3) is 3.23. The molecule has 2 heterocycles. The van der Waals surface area contributed by atoms with Gasteiger partial charge in [-0.05, 0) is 20.8 Å². The molecule has 0 aliphatic heterocycles. The maximum Gasteiger partial charge on any atom is 0.310 e. The number of ether oxygens (including phenoxy) is 1. The molecule has 1 unspecified atom stereocenters. The molecule has 108 valence electrons. The van der Waals surface area contributed by atoms with E-state index < -0.39 is 0 Å². The van der Waals surface area contributed by atoms with Crippen molar-refractivity contribution in [2.45, 2.75) is 33.8 Å². The minimum Gasteiger partial charge on any atom is -0.463 e. The van der Waals surface area contributed by atoms with Crippen molar-refractivity contribution in [2.24, 2.45) is 5.92 Å². The number of esters is 1. The smallest absolute Gasteiger partial charge is 0.310 e. The van der Waals surface area contributed by atoms with Crippen molar-refractivity contribution < 1.29 is 9.53 Å². The van der Waals surface area contributed by atoms with Gasteiger partial charge in [-0.25, -0.2) is 4.98 Å². The molecule has 7 nitrogen and oxygen atoms in total. The van der Waals surface area contributed by atoms with Crippen molar-refractivity contribution in [3.8, 4) is 0 Å². The largest absolute Gasteiger partial charge is 0.463 e. The van der Waals surface area contributed by atoms with Crippen LogP contribution in [-0.4, -0.2) is 38.2 Å². The quantitative estimate of drug-likeness (QED) is 0.833. The number of aromatic nitrogens is 4. The average molecular weight is 277 g/mol. The van der Waals surface area contributed by atoms with E-state index in [-0.39, 0.29) is 18.0 Å². The maximum atomic E-state index is 11.7. The Morgan fingerprint density at radius 2 is 2.20 bits per heavy atom. The number of nitrogens with zero attached hydrogens (tertiary/aromatic N) is 4. The van der Waals surface area contributed by atoms with Crippen LogP contribution in [0.5, 0.6) is 0 Å². The van der Waals surface area contributed by atoms with Gasteiger partial charge in [0.25, 0.3) is 5.78 Å². The van der Waals surface area contributed by atoms with Gasteiger partial charge in [0.1, 0.15) is 12.1 Å². The van der Waals surface area contributed by atoms with Gasteiger partial charge in [-0.3, -0.25) is 4.79 Å². The summed E-state index contributed by atoms with van der Waals surface area (Å²) < 4.78 is 6.78. The summed E-state index contributed by atoms with van der Waals surface area (Å²) >= 11 is 0. The zero-order valence-electron chi connectivity index (χ0n) is 12.1. The summed E-state index contributed by atoms with van der Waals surface area (Å²) in [6, 6.07) is 1.86. The molecule has 2 aromatic heterocycles. The van der Waals surface area contributed by atoms with Crippen LogP contribution in [0.15, 0.2) is 12.4 Å². The fraction of sp³-hybridized carbons (Fsp3) is 0.538. The molecule has 0 saturated carbocycles. The second kappa shape index (κ2) is 5.85. The Balaban J connectivity index is 2.05. The van der Waals surface area contributed by atoms with E-state index >= 15 is 0 Å².